The Balaban J connectivity index is 4.57. The molecule has 0 radical (unpaired) electrons. The molecule has 3 nitrogen and oxygen atoms in total. The average Bonchev–Trinajstić information content (AvgIpc) is 1.96. The molecule has 0 spiro atoms. The largest absolute Gasteiger partial charge is 0.508 e. The van der Waals surface area contributed by atoms with Gasteiger partial charge in [0.15, 0.2) is 0 Å². The predicted molar refractivity (Wildman–Crippen MR) is 58.6 cm³/mol. The van der Waals surface area contributed by atoms with E-state index >= 15 is 0 Å². The number of hydrogen-bond donors (Lipinski definition) is 2. The van der Waals surface area contributed by atoms with Gasteiger partial charge in [-0.25, -0.2) is 0 Å². The third-order valence-corrected chi connectivity index (χ3v) is 1.24. The maximum atomic E-state index is 9.05. The molecule has 0 amide bonds. The van der Waals surface area contributed by atoms with Gasteiger partial charge in [-0.15, -0.1) is 0 Å². The van der Waals surface area contributed by atoms with Crippen LogP contribution in [0.2, 0.25) is 0 Å². The summed E-state index contributed by atoms with van der Waals surface area (Å²) in [6.07, 6.45) is 2.47. The van der Waals surface area contributed by atoms with E-state index < -0.39 is 0 Å². The zero-order chi connectivity index (χ0) is 11.4. The van der Waals surface area contributed by atoms with Gasteiger partial charge in [0.05, 0.1) is 0 Å². The molecule has 0 heterocycles. The Labute approximate surface area is 84.9 Å². The number of nitrogens with one attached hydrogen (secondary N) is 1. The van der Waals surface area contributed by atoms with Crippen LogP contribution in [-0.4, -0.2) is 16.9 Å². The van der Waals surface area contributed by atoms with Crippen LogP contribution in [0.1, 0.15) is 20.8 Å². The van der Waals surface area contributed by atoms with E-state index in [0.29, 0.717) is 11.3 Å². The molecule has 0 aliphatic carbocycles. The van der Waals surface area contributed by atoms with E-state index in [0.717, 1.165) is 6.21 Å². The molecule has 0 aromatic carbocycles. The molecule has 0 rings (SSSR count). The number of allylic oxidation sites excluding steroid dienone is 2. The maximum Gasteiger partial charge on any atom is 0.117 e. The van der Waals surface area contributed by atoms with Crippen molar-refractivity contribution < 1.29 is 9.84 Å². The molecule has 3 heteroatoms. The fourth-order valence-corrected chi connectivity index (χ4v) is 0.804. The molecular formula is C11H17NO2. The molecule has 0 unspecified atom stereocenters. The quantitative estimate of drug-likeness (QED) is 0.411. The topological polar surface area (TPSA) is 53.3 Å². The van der Waals surface area contributed by atoms with Gasteiger partial charge in [0.2, 0.25) is 0 Å². The second-order valence-corrected chi connectivity index (χ2v) is 3.87. The Morgan fingerprint density at radius 3 is 2.14 bits per heavy atom. The van der Waals surface area contributed by atoms with E-state index in [-0.39, 0.29) is 11.4 Å². The summed E-state index contributed by atoms with van der Waals surface area (Å²) in [5, 5.41) is 16.1. The average molecular weight is 195 g/mol. The van der Waals surface area contributed by atoms with Gasteiger partial charge in [-0.1, -0.05) is 13.2 Å². The molecule has 78 valence electrons. The Morgan fingerprint density at radius 2 is 1.86 bits per heavy atom. The Hall–Kier alpha value is -1.51. The van der Waals surface area contributed by atoms with Gasteiger partial charge in [0, 0.05) is 11.8 Å². The summed E-state index contributed by atoms with van der Waals surface area (Å²) in [7, 11) is 0. The van der Waals surface area contributed by atoms with Gasteiger partial charge in [-0.2, -0.15) is 0 Å². The third-order valence-electron chi connectivity index (χ3n) is 1.24. The lowest BCUT2D eigenvalue weighted by molar-refractivity contribution is 0.0607. The number of aliphatic hydroxyl groups excluding tert-OH is 1. The second-order valence-electron chi connectivity index (χ2n) is 3.87. The van der Waals surface area contributed by atoms with Crippen LogP contribution >= 0.6 is 0 Å². The minimum Gasteiger partial charge on any atom is -0.508 e. The van der Waals surface area contributed by atoms with Crippen LogP contribution in [-0.2, 0) is 4.74 Å². The summed E-state index contributed by atoms with van der Waals surface area (Å²) in [6.45, 7) is 12.6. The summed E-state index contributed by atoms with van der Waals surface area (Å²) >= 11 is 0. The van der Waals surface area contributed by atoms with Crippen LogP contribution in [0.25, 0.3) is 0 Å². The van der Waals surface area contributed by atoms with Crippen molar-refractivity contribution >= 4 is 6.21 Å². The molecule has 0 aromatic rings. The Kier molecular flexibility index (Phi) is 4.15. The Bertz CT molecular complexity index is 282. The normalized spacial score (nSPS) is 12.1. The summed E-state index contributed by atoms with van der Waals surface area (Å²) in [4.78, 5) is 0. The smallest absolute Gasteiger partial charge is 0.117 e. The van der Waals surface area contributed by atoms with Gasteiger partial charge < -0.3 is 15.3 Å². The molecule has 0 saturated heterocycles. The molecule has 0 fully saturated rings. The van der Waals surface area contributed by atoms with Crippen LogP contribution in [0.15, 0.2) is 36.3 Å². The summed E-state index contributed by atoms with van der Waals surface area (Å²) in [5.41, 5.74) is -0.0448. The molecule has 0 atom stereocenters. The van der Waals surface area contributed by atoms with Gasteiger partial charge in [0.25, 0.3) is 0 Å². The fraction of sp³-hybridized carbons (Fsp3) is 0.364. The van der Waals surface area contributed by atoms with E-state index in [4.69, 9.17) is 15.3 Å². The van der Waals surface area contributed by atoms with Crippen molar-refractivity contribution in [3.8, 4) is 0 Å². The van der Waals surface area contributed by atoms with Crippen LogP contribution < -0.4 is 0 Å². The zero-order valence-electron chi connectivity index (χ0n) is 8.92. The monoisotopic (exact) mass is 195 g/mol. The molecule has 0 aliphatic heterocycles. The molecule has 0 aromatic heterocycles. The molecular weight excluding hydrogens is 178 g/mol. The molecule has 0 saturated carbocycles. The first-order valence-corrected chi connectivity index (χ1v) is 4.24. The predicted octanol–water partition coefficient (Wildman–Crippen LogP) is 2.96. The first kappa shape index (κ1) is 12.5. The molecule has 0 bridgehead atoms. The minimum absolute atomic E-state index is 0.168. The SMILES string of the molecule is C=C(/C=C(/C=N)C(=C)O)OC(C)(C)C. The standard InChI is InChI=1S/C11H17NO2/c1-8(14-11(3,4)5)6-10(7-12)9(2)13/h6-7,12-13H,1-2H2,3-5H3/b10-6-,12-7?. The van der Waals surface area contributed by atoms with Gasteiger partial charge >= 0.3 is 0 Å². The van der Waals surface area contributed by atoms with E-state index in [1.165, 1.54) is 6.08 Å². The van der Waals surface area contributed by atoms with Crippen molar-refractivity contribution in [2.45, 2.75) is 26.4 Å². The Morgan fingerprint density at radius 1 is 1.36 bits per heavy atom. The van der Waals surface area contributed by atoms with E-state index in [1.54, 1.807) is 0 Å². The first-order chi connectivity index (χ1) is 6.26. The molecule has 0 aliphatic rings. The van der Waals surface area contributed by atoms with Gasteiger partial charge in [-0.3, -0.25) is 0 Å². The lowest BCUT2D eigenvalue weighted by Crippen LogP contribution is -2.17. The highest BCUT2D eigenvalue weighted by molar-refractivity contribution is 5.81. The van der Waals surface area contributed by atoms with Gasteiger partial charge in [0.1, 0.15) is 17.1 Å². The van der Waals surface area contributed by atoms with Crippen LogP contribution in [0.3, 0.4) is 0 Å². The fourth-order valence-electron chi connectivity index (χ4n) is 0.804. The summed E-state index contributed by atoms with van der Waals surface area (Å²) < 4.78 is 5.39. The highest BCUT2D eigenvalue weighted by Crippen LogP contribution is 2.15. The summed E-state index contributed by atoms with van der Waals surface area (Å²) in [6, 6.07) is 0. The lowest BCUT2D eigenvalue weighted by Gasteiger charge is -2.21. The van der Waals surface area contributed by atoms with E-state index in [2.05, 4.69) is 13.2 Å². The van der Waals surface area contributed by atoms with Crippen molar-refractivity contribution in [2.24, 2.45) is 0 Å². The first-order valence-electron chi connectivity index (χ1n) is 4.24. The minimum atomic E-state index is -0.336. The van der Waals surface area contributed by atoms with Crippen LogP contribution in [0, 0.1) is 5.41 Å². The van der Waals surface area contributed by atoms with Gasteiger partial charge in [-0.05, 0) is 26.8 Å². The number of rotatable bonds is 4. The van der Waals surface area contributed by atoms with Crippen molar-refractivity contribution in [2.75, 3.05) is 0 Å². The molecule has 2 N–H and O–H groups in total. The summed E-state index contributed by atoms with van der Waals surface area (Å²) in [5.74, 6) is 0.227. The number of hydrogen-bond acceptors (Lipinski definition) is 3. The lowest BCUT2D eigenvalue weighted by atomic mass is 10.2. The number of aliphatic hydroxyl groups is 1. The van der Waals surface area contributed by atoms with Crippen molar-refractivity contribution in [1.82, 2.24) is 0 Å². The van der Waals surface area contributed by atoms with E-state index in [9.17, 15) is 0 Å². The third kappa shape index (κ3) is 5.19. The van der Waals surface area contributed by atoms with E-state index in [1.807, 2.05) is 20.8 Å². The van der Waals surface area contributed by atoms with Crippen molar-refractivity contribution in [3.63, 3.8) is 0 Å². The highest BCUT2D eigenvalue weighted by atomic mass is 16.5. The van der Waals surface area contributed by atoms with Crippen LogP contribution in [0.5, 0.6) is 0 Å². The molecule has 14 heavy (non-hydrogen) atoms. The highest BCUT2D eigenvalue weighted by Gasteiger charge is 2.11. The van der Waals surface area contributed by atoms with Crippen molar-refractivity contribution in [1.29, 1.82) is 5.41 Å². The number of ether oxygens (including phenoxy) is 1. The van der Waals surface area contributed by atoms with Crippen LogP contribution in [0.4, 0.5) is 0 Å². The maximum absolute atomic E-state index is 9.05. The van der Waals surface area contributed by atoms with Crippen molar-refractivity contribution in [3.05, 3.63) is 36.3 Å². The second kappa shape index (κ2) is 4.65. The zero-order valence-corrected chi connectivity index (χ0v) is 8.92.